The predicted molar refractivity (Wildman–Crippen MR) is 74.1 cm³/mol. The third kappa shape index (κ3) is 4.38. The van der Waals surface area contributed by atoms with Crippen molar-refractivity contribution in [1.29, 1.82) is 10.5 Å². The molecule has 1 rings (SSSR count). The molecule has 0 saturated heterocycles. The van der Waals surface area contributed by atoms with Crippen molar-refractivity contribution < 1.29 is 9.53 Å². The van der Waals surface area contributed by atoms with E-state index in [-0.39, 0.29) is 18.9 Å². The molecule has 0 aliphatic carbocycles. The van der Waals surface area contributed by atoms with Crippen molar-refractivity contribution in [1.82, 2.24) is 4.90 Å². The number of hydrogen-bond acceptors (Lipinski definition) is 5. The topological polar surface area (TPSA) is 77.1 Å². The molecule has 0 radical (unpaired) electrons. The zero-order valence-electron chi connectivity index (χ0n) is 11.7. The van der Waals surface area contributed by atoms with Crippen LogP contribution in [0.4, 0.5) is 0 Å². The van der Waals surface area contributed by atoms with Gasteiger partial charge in [-0.3, -0.25) is 9.69 Å². The maximum Gasteiger partial charge on any atom is 0.159 e. The summed E-state index contributed by atoms with van der Waals surface area (Å²) in [6.07, 6.45) is 0. The summed E-state index contributed by atoms with van der Waals surface area (Å²) in [6, 6.07) is 9.29. The van der Waals surface area contributed by atoms with Gasteiger partial charge in [0, 0.05) is 17.7 Å². The minimum absolute atomic E-state index is 0.0265. The average molecular weight is 271 g/mol. The molecule has 20 heavy (non-hydrogen) atoms. The Hall–Kier alpha value is -2.37. The van der Waals surface area contributed by atoms with E-state index in [1.807, 2.05) is 19.1 Å². The van der Waals surface area contributed by atoms with Gasteiger partial charge in [0.25, 0.3) is 0 Å². The summed E-state index contributed by atoms with van der Waals surface area (Å²) in [5.41, 5.74) is 1.40. The lowest BCUT2D eigenvalue weighted by Crippen LogP contribution is -2.24. The van der Waals surface area contributed by atoms with Crippen LogP contribution in [0.5, 0.6) is 5.75 Å². The summed E-state index contributed by atoms with van der Waals surface area (Å²) < 4.78 is 5.53. The van der Waals surface area contributed by atoms with Crippen LogP contribution in [0.15, 0.2) is 18.2 Å². The Morgan fingerprint density at radius 2 is 1.95 bits per heavy atom. The van der Waals surface area contributed by atoms with E-state index in [9.17, 15) is 4.79 Å². The number of ketones is 1. The summed E-state index contributed by atoms with van der Waals surface area (Å²) in [4.78, 5) is 13.1. The quantitative estimate of drug-likeness (QED) is 0.561. The smallest absolute Gasteiger partial charge is 0.159 e. The zero-order chi connectivity index (χ0) is 15.0. The van der Waals surface area contributed by atoms with Crippen molar-refractivity contribution in [2.24, 2.45) is 0 Å². The molecule has 1 aromatic carbocycles. The third-order valence-corrected chi connectivity index (χ3v) is 2.75. The lowest BCUT2D eigenvalue weighted by molar-refractivity contribution is 0.101. The van der Waals surface area contributed by atoms with Gasteiger partial charge in [0.1, 0.15) is 5.75 Å². The number of nitriles is 2. The van der Waals surface area contributed by atoms with E-state index in [0.717, 1.165) is 5.56 Å². The van der Waals surface area contributed by atoms with Gasteiger partial charge >= 0.3 is 0 Å². The van der Waals surface area contributed by atoms with Crippen LogP contribution in [0, 0.1) is 22.7 Å². The molecule has 0 fully saturated rings. The minimum atomic E-state index is -0.0265. The van der Waals surface area contributed by atoms with Gasteiger partial charge in [0.15, 0.2) is 5.78 Å². The Kier molecular flexibility index (Phi) is 6.22. The van der Waals surface area contributed by atoms with Crippen LogP contribution in [0.1, 0.15) is 29.8 Å². The first-order valence-electron chi connectivity index (χ1n) is 6.35. The van der Waals surface area contributed by atoms with E-state index in [1.165, 1.54) is 6.92 Å². The molecule has 0 N–H and O–H groups in total. The Bertz CT molecular complexity index is 539. The van der Waals surface area contributed by atoms with Crippen LogP contribution in [0.3, 0.4) is 0 Å². The summed E-state index contributed by atoms with van der Waals surface area (Å²) in [5, 5.41) is 17.5. The average Bonchev–Trinajstić information content (AvgIpc) is 2.41. The van der Waals surface area contributed by atoms with E-state index in [2.05, 4.69) is 0 Å². The van der Waals surface area contributed by atoms with Gasteiger partial charge in [-0.25, -0.2) is 0 Å². The van der Waals surface area contributed by atoms with Gasteiger partial charge in [-0.15, -0.1) is 0 Å². The van der Waals surface area contributed by atoms with Crippen LogP contribution in [-0.2, 0) is 6.54 Å². The molecule has 0 saturated carbocycles. The number of benzene rings is 1. The second-order valence-electron chi connectivity index (χ2n) is 4.27. The molecule has 0 amide bonds. The van der Waals surface area contributed by atoms with E-state index >= 15 is 0 Å². The molecule has 0 aliphatic heterocycles. The van der Waals surface area contributed by atoms with E-state index < -0.39 is 0 Å². The van der Waals surface area contributed by atoms with Crippen LogP contribution in [-0.4, -0.2) is 30.4 Å². The monoisotopic (exact) mass is 271 g/mol. The minimum Gasteiger partial charge on any atom is -0.494 e. The Morgan fingerprint density at radius 3 is 2.45 bits per heavy atom. The van der Waals surface area contributed by atoms with Gasteiger partial charge in [-0.2, -0.15) is 10.5 Å². The molecule has 0 aliphatic rings. The van der Waals surface area contributed by atoms with Gasteiger partial charge in [-0.1, -0.05) is 0 Å². The molecule has 0 spiro atoms. The summed E-state index contributed by atoms with van der Waals surface area (Å²) in [5.74, 6) is 0.653. The number of nitrogens with zero attached hydrogens (tertiary/aromatic N) is 3. The largest absolute Gasteiger partial charge is 0.494 e. The molecule has 0 unspecified atom stereocenters. The Labute approximate surface area is 119 Å². The Morgan fingerprint density at radius 1 is 1.30 bits per heavy atom. The van der Waals surface area contributed by atoms with Gasteiger partial charge in [0.05, 0.1) is 31.8 Å². The molecule has 0 aromatic heterocycles. The van der Waals surface area contributed by atoms with Crippen LogP contribution < -0.4 is 4.74 Å². The maximum absolute atomic E-state index is 11.4. The van der Waals surface area contributed by atoms with E-state index in [1.54, 1.807) is 23.1 Å². The second-order valence-corrected chi connectivity index (χ2v) is 4.27. The van der Waals surface area contributed by atoms with Crippen LogP contribution >= 0.6 is 0 Å². The highest BCUT2D eigenvalue weighted by Gasteiger charge is 2.12. The molecule has 0 heterocycles. The fourth-order valence-corrected chi connectivity index (χ4v) is 1.83. The lowest BCUT2D eigenvalue weighted by Gasteiger charge is -2.18. The first-order valence-corrected chi connectivity index (χ1v) is 6.35. The summed E-state index contributed by atoms with van der Waals surface area (Å²) >= 11 is 0. The number of rotatable bonds is 7. The van der Waals surface area contributed by atoms with Crippen molar-refractivity contribution in [2.75, 3.05) is 19.7 Å². The van der Waals surface area contributed by atoms with Crippen molar-refractivity contribution in [3.05, 3.63) is 29.3 Å². The van der Waals surface area contributed by atoms with Crippen LogP contribution in [0.25, 0.3) is 0 Å². The standard InChI is InChI=1S/C15H17N3O2/c1-3-20-15-5-4-13(12(2)19)10-14(15)11-18(8-6-16)9-7-17/h4-5,10H,3,8-9,11H2,1-2H3. The SMILES string of the molecule is CCOc1ccc(C(C)=O)cc1CN(CC#N)CC#N. The summed E-state index contributed by atoms with van der Waals surface area (Å²) in [7, 11) is 0. The van der Waals surface area contributed by atoms with Crippen LogP contribution in [0.2, 0.25) is 0 Å². The Balaban J connectivity index is 3.05. The highest BCUT2D eigenvalue weighted by molar-refractivity contribution is 5.94. The van der Waals surface area contributed by atoms with Crippen molar-refractivity contribution in [2.45, 2.75) is 20.4 Å². The molecule has 0 bridgehead atoms. The van der Waals surface area contributed by atoms with Gasteiger partial charge < -0.3 is 4.74 Å². The molecular formula is C15H17N3O2. The number of Topliss-reactive ketones (excluding diaryl/α,β-unsaturated/α-hetero) is 1. The van der Waals surface area contributed by atoms with E-state index in [4.69, 9.17) is 15.3 Å². The predicted octanol–water partition coefficient (Wildman–Crippen LogP) is 2.14. The van der Waals surface area contributed by atoms with Crippen molar-refractivity contribution in [3.8, 4) is 17.9 Å². The number of hydrogen-bond donors (Lipinski definition) is 0. The number of ether oxygens (including phenoxy) is 1. The maximum atomic E-state index is 11.4. The highest BCUT2D eigenvalue weighted by atomic mass is 16.5. The molecular weight excluding hydrogens is 254 g/mol. The lowest BCUT2D eigenvalue weighted by atomic mass is 10.1. The van der Waals surface area contributed by atoms with Crippen molar-refractivity contribution in [3.63, 3.8) is 0 Å². The van der Waals surface area contributed by atoms with Crippen molar-refractivity contribution >= 4 is 5.78 Å². The third-order valence-electron chi connectivity index (χ3n) is 2.75. The number of carbonyl (C=O) groups is 1. The molecule has 104 valence electrons. The molecule has 0 atom stereocenters. The second kappa shape index (κ2) is 7.93. The first kappa shape index (κ1) is 15.7. The van der Waals surface area contributed by atoms with E-state index in [0.29, 0.717) is 24.5 Å². The molecule has 5 heteroatoms. The van der Waals surface area contributed by atoms with Gasteiger partial charge in [-0.05, 0) is 32.0 Å². The molecule has 5 nitrogen and oxygen atoms in total. The fourth-order valence-electron chi connectivity index (χ4n) is 1.83. The first-order chi connectivity index (χ1) is 9.62. The summed E-state index contributed by atoms with van der Waals surface area (Å²) in [6.45, 7) is 4.61. The fraction of sp³-hybridized carbons (Fsp3) is 0.400. The van der Waals surface area contributed by atoms with Gasteiger partial charge in [0.2, 0.25) is 0 Å². The number of carbonyl (C=O) groups excluding carboxylic acids is 1. The highest BCUT2D eigenvalue weighted by Crippen LogP contribution is 2.22. The molecule has 1 aromatic rings. The normalized spacial score (nSPS) is 9.85. The zero-order valence-corrected chi connectivity index (χ0v) is 11.7.